The Hall–Kier alpha value is -0.612. The number of halogens is 2. The van der Waals surface area contributed by atoms with Crippen molar-refractivity contribution in [1.82, 2.24) is 0 Å². The summed E-state index contributed by atoms with van der Waals surface area (Å²) in [6.45, 7) is 5.08. The average molecular weight is 517 g/mol. The Morgan fingerprint density at radius 3 is 1.32 bits per heavy atom. The summed E-state index contributed by atoms with van der Waals surface area (Å²) in [6.07, 6.45) is 2.92. The first-order valence-corrected chi connectivity index (χ1v) is 21.4. The van der Waals surface area contributed by atoms with Crippen molar-refractivity contribution in [2.45, 2.75) is 50.1 Å². The van der Waals surface area contributed by atoms with Crippen LogP contribution in [0.25, 0.3) is 21.5 Å². The minimum absolute atomic E-state index is 0.556. The maximum absolute atomic E-state index is 4.89. The molecule has 2 fully saturated rings. The molecule has 162 valence electrons. The first-order chi connectivity index (χ1) is 15.0. The monoisotopic (exact) mass is 516 g/mol. The predicted molar refractivity (Wildman–Crippen MR) is 142 cm³/mol. The van der Waals surface area contributed by atoms with E-state index in [9.17, 15) is 0 Å². The number of hydrogen-bond donors (Lipinski definition) is 0. The molecule has 0 unspecified atom stereocenters. The molecule has 6 rings (SSSR count). The van der Waals surface area contributed by atoms with Crippen LogP contribution in [0.3, 0.4) is 0 Å². The van der Waals surface area contributed by atoms with Crippen molar-refractivity contribution in [3.05, 3.63) is 72.8 Å². The Kier molecular flexibility index (Phi) is 7.68. The van der Waals surface area contributed by atoms with Gasteiger partial charge < -0.3 is 0 Å². The van der Waals surface area contributed by atoms with Crippen LogP contribution in [-0.2, 0) is 17.0 Å². The minimum atomic E-state index is -0.985. The van der Waals surface area contributed by atoms with Crippen molar-refractivity contribution in [3.63, 3.8) is 0 Å². The van der Waals surface area contributed by atoms with Gasteiger partial charge in [-0.25, -0.2) is 0 Å². The molecule has 0 radical (unpaired) electrons. The zero-order chi connectivity index (χ0) is 21.9. The van der Waals surface area contributed by atoms with Gasteiger partial charge in [0.15, 0.2) is 0 Å². The van der Waals surface area contributed by atoms with E-state index >= 15 is 0 Å². The van der Waals surface area contributed by atoms with Crippen LogP contribution in [0.2, 0.25) is 37.3 Å². The molecule has 4 aromatic rings. The summed E-state index contributed by atoms with van der Waals surface area (Å²) in [5.74, 6) is 0. The van der Waals surface area contributed by atoms with E-state index in [1.165, 1.54) is 58.6 Å². The molecule has 0 aromatic heterocycles. The van der Waals surface area contributed by atoms with Crippen LogP contribution < -0.4 is 10.4 Å². The summed E-state index contributed by atoms with van der Waals surface area (Å²) in [6, 6.07) is 33.0. The molecule has 0 saturated carbocycles. The fraction of sp³-hybridized carbons (Fsp3) is 0.308. The van der Waals surface area contributed by atoms with Crippen molar-refractivity contribution in [3.8, 4) is 0 Å². The third-order valence-electron chi connectivity index (χ3n) is 7.58. The maximum atomic E-state index is 4.89. The van der Waals surface area contributed by atoms with E-state index < -0.39 is 33.2 Å². The third-order valence-corrected chi connectivity index (χ3v) is 16.9. The molecule has 2 heterocycles. The number of fused-ring (bicyclic) bond motifs is 2. The van der Waals surface area contributed by atoms with Gasteiger partial charge in [-0.3, -0.25) is 0 Å². The van der Waals surface area contributed by atoms with Crippen LogP contribution in [0.5, 0.6) is 0 Å². The van der Waals surface area contributed by atoms with Gasteiger partial charge in [0, 0.05) is 16.1 Å². The van der Waals surface area contributed by atoms with Gasteiger partial charge in [0.2, 0.25) is 0 Å². The van der Waals surface area contributed by atoms with Crippen LogP contribution in [0.1, 0.15) is 12.8 Å². The molecule has 2 aliphatic heterocycles. The second-order valence-corrected chi connectivity index (χ2v) is 21.5. The molecule has 0 amide bonds. The van der Waals surface area contributed by atoms with Gasteiger partial charge in [-0.2, -0.15) is 24.3 Å². The van der Waals surface area contributed by atoms with Gasteiger partial charge in [-0.1, -0.05) is 62.2 Å². The Morgan fingerprint density at radius 1 is 0.645 bits per heavy atom. The predicted octanol–water partition coefficient (Wildman–Crippen LogP) is 7.87. The summed E-state index contributed by atoms with van der Waals surface area (Å²) >= 11 is -0.556. The number of rotatable bonds is 2. The molecule has 0 atom stereocenters. The molecular formula is C26H30Cl2Si2Ti-2. The fourth-order valence-electron chi connectivity index (χ4n) is 5.31. The van der Waals surface area contributed by atoms with Gasteiger partial charge in [0.25, 0.3) is 0 Å². The Morgan fingerprint density at radius 2 is 1.00 bits per heavy atom. The standard InChI is InChI=1S/2C13H15Si.2ClH.Ti/c2*1-14(9-4-10-14)13-8-7-11-5-2-3-6-12(11)13;;;/h2*2-3,5-8H,4,9-10H2,1H3;2*1H;/q2*-1;;;+2/p-2. The zero-order valence-electron chi connectivity index (χ0n) is 18.4. The summed E-state index contributed by atoms with van der Waals surface area (Å²) in [5, 5.41) is 9.34. The summed E-state index contributed by atoms with van der Waals surface area (Å²) in [4.78, 5) is 0. The Balaban J connectivity index is 0.000000133. The van der Waals surface area contributed by atoms with Crippen LogP contribution in [0.4, 0.5) is 0 Å². The molecule has 0 bridgehead atoms. The van der Waals surface area contributed by atoms with E-state index in [0.29, 0.717) is 0 Å². The molecule has 4 aromatic carbocycles. The van der Waals surface area contributed by atoms with E-state index in [2.05, 4.69) is 85.9 Å². The molecule has 2 saturated heterocycles. The SMILES string of the molecule is C[Si]1([c-]2ccc3ccccc32)CCC1.C[Si]1([c-]2ccc3ccccc32)CCC1.[Cl][Ti][Cl]. The molecule has 0 aliphatic carbocycles. The van der Waals surface area contributed by atoms with Gasteiger partial charge in [-0.15, -0.1) is 68.3 Å². The van der Waals surface area contributed by atoms with Crippen LogP contribution in [-0.4, -0.2) is 16.1 Å². The normalized spacial score (nSPS) is 18.1. The van der Waals surface area contributed by atoms with Gasteiger partial charge in [-0.05, 0) is 0 Å². The second-order valence-electron chi connectivity index (χ2n) is 9.57. The molecule has 31 heavy (non-hydrogen) atoms. The molecular weight excluding hydrogens is 487 g/mol. The van der Waals surface area contributed by atoms with E-state index in [4.69, 9.17) is 18.6 Å². The zero-order valence-corrected chi connectivity index (χ0v) is 23.5. The van der Waals surface area contributed by atoms with E-state index in [-0.39, 0.29) is 0 Å². The van der Waals surface area contributed by atoms with Crippen molar-refractivity contribution in [2.24, 2.45) is 0 Å². The molecule has 0 spiro atoms. The second kappa shape index (κ2) is 10.1. The Bertz CT molecular complexity index is 1050. The van der Waals surface area contributed by atoms with Crippen molar-refractivity contribution in [2.75, 3.05) is 0 Å². The molecule has 2 aliphatic rings. The van der Waals surface area contributed by atoms with Crippen LogP contribution >= 0.6 is 18.6 Å². The van der Waals surface area contributed by atoms with Crippen molar-refractivity contribution < 1.29 is 17.0 Å². The van der Waals surface area contributed by atoms with E-state index in [1.54, 1.807) is 10.4 Å². The van der Waals surface area contributed by atoms with Crippen molar-refractivity contribution in [1.29, 1.82) is 0 Å². The summed E-state index contributed by atoms with van der Waals surface area (Å²) < 4.78 is 0. The fourth-order valence-corrected chi connectivity index (χ4v) is 11.9. The average Bonchev–Trinajstić information content (AvgIpc) is 3.36. The van der Waals surface area contributed by atoms with Gasteiger partial charge in [0.05, 0.1) is 0 Å². The van der Waals surface area contributed by atoms with Gasteiger partial charge in [0.1, 0.15) is 0 Å². The van der Waals surface area contributed by atoms with Crippen LogP contribution in [0.15, 0.2) is 72.8 Å². The van der Waals surface area contributed by atoms with Crippen LogP contribution in [0, 0.1) is 0 Å². The topological polar surface area (TPSA) is 0 Å². The molecule has 0 N–H and O–H groups in total. The third kappa shape index (κ3) is 4.85. The molecule has 0 nitrogen and oxygen atoms in total. The van der Waals surface area contributed by atoms with Gasteiger partial charge >= 0.3 is 35.6 Å². The summed E-state index contributed by atoms with van der Waals surface area (Å²) in [7, 11) is 7.81. The van der Waals surface area contributed by atoms with Crippen molar-refractivity contribution >= 4 is 66.7 Å². The number of hydrogen-bond acceptors (Lipinski definition) is 0. The number of benzene rings is 2. The van der Waals surface area contributed by atoms with E-state index in [0.717, 1.165) is 0 Å². The Labute approximate surface area is 205 Å². The van der Waals surface area contributed by atoms with E-state index in [1.807, 2.05) is 0 Å². The summed E-state index contributed by atoms with van der Waals surface area (Å²) in [5.41, 5.74) is 0. The molecule has 5 heteroatoms. The first kappa shape index (κ1) is 23.5. The quantitative estimate of drug-likeness (QED) is 0.188. The first-order valence-electron chi connectivity index (χ1n) is 11.3.